The maximum Gasteiger partial charge on any atom is 0.265 e. The van der Waals surface area contributed by atoms with E-state index in [1.54, 1.807) is 18.2 Å². The van der Waals surface area contributed by atoms with Crippen molar-refractivity contribution in [3.63, 3.8) is 0 Å². The van der Waals surface area contributed by atoms with Gasteiger partial charge in [0.15, 0.2) is 0 Å². The van der Waals surface area contributed by atoms with Gasteiger partial charge in [0.05, 0.1) is 7.11 Å². The molecule has 156 valence electrons. The number of aryl methyl sites for hydroxylation is 2. The van der Waals surface area contributed by atoms with Gasteiger partial charge in [-0.3, -0.25) is 9.52 Å². The Balaban J connectivity index is 1.89. The zero-order valence-electron chi connectivity index (χ0n) is 17.6. The molecule has 0 unspecified atom stereocenters. The van der Waals surface area contributed by atoms with Crippen LogP contribution in [0.2, 0.25) is 0 Å². The minimum atomic E-state index is -3.82. The van der Waals surface area contributed by atoms with Gasteiger partial charge >= 0.3 is 0 Å². The number of hydrogen-bond acceptors (Lipinski definition) is 4. The lowest BCUT2D eigenvalue weighted by Gasteiger charge is -2.30. The van der Waals surface area contributed by atoms with Gasteiger partial charge in [-0.1, -0.05) is 19.9 Å². The summed E-state index contributed by atoms with van der Waals surface area (Å²) in [5.74, 6) is 0.365. The molecule has 7 heteroatoms. The van der Waals surface area contributed by atoms with Crippen molar-refractivity contribution in [1.29, 1.82) is 0 Å². The van der Waals surface area contributed by atoms with Crippen molar-refractivity contribution in [3.05, 3.63) is 52.6 Å². The predicted octanol–water partition coefficient (Wildman–Crippen LogP) is 3.65. The number of rotatable bonds is 5. The van der Waals surface area contributed by atoms with E-state index >= 15 is 0 Å². The van der Waals surface area contributed by atoms with Crippen LogP contribution >= 0.6 is 0 Å². The van der Waals surface area contributed by atoms with Crippen LogP contribution in [0.3, 0.4) is 0 Å². The Morgan fingerprint density at radius 2 is 1.79 bits per heavy atom. The van der Waals surface area contributed by atoms with Gasteiger partial charge in [0, 0.05) is 24.7 Å². The van der Waals surface area contributed by atoms with E-state index in [1.807, 2.05) is 44.7 Å². The van der Waals surface area contributed by atoms with Crippen LogP contribution in [0.5, 0.6) is 5.75 Å². The first-order chi connectivity index (χ1) is 13.6. The van der Waals surface area contributed by atoms with Gasteiger partial charge in [-0.05, 0) is 66.8 Å². The average molecular weight is 417 g/mol. The number of hydrogen-bond donors (Lipinski definition) is 1. The smallest absolute Gasteiger partial charge is 0.265 e. The summed E-state index contributed by atoms with van der Waals surface area (Å²) < 4.78 is 34.0. The number of ether oxygens (including phenoxy) is 1. The Hall–Kier alpha value is -2.54. The third kappa shape index (κ3) is 4.40. The molecule has 2 aromatic rings. The fraction of sp³-hybridized carbons (Fsp3) is 0.409. The topological polar surface area (TPSA) is 75.7 Å². The fourth-order valence-electron chi connectivity index (χ4n) is 3.52. The number of benzene rings is 2. The van der Waals surface area contributed by atoms with Gasteiger partial charge in [-0.2, -0.15) is 0 Å². The summed E-state index contributed by atoms with van der Waals surface area (Å²) in [4.78, 5) is 14.3. The summed E-state index contributed by atoms with van der Waals surface area (Å²) in [5.41, 5.74) is 4.42. The normalized spacial score (nSPS) is 13.9. The molecule has 29 heavy (non-hydrogen) atoms. The van der Waals surface area contributed by atoms with Crippen molar-refractivity contribution in [1.82, 2.24) is 4.90 Å². The van der Waals surface area contributed by atoms with Gasteiger partial charge in [0.1, 0.15) is 10.6 Å². The monoisotopic (exact) mass is 416 g/mol. The Kier molecular flexibility index (Phi) is 5.89. The molecule has 0 radical (unpaired) electrons. The molecule has 1 aliphatic heterocycles. The highest BCUT2D eigenvalue weighted by molar-refractivity contribution is 7.92. The summed E-state index contributed by atoms with van der Waals surface area (Å²) in [5, 5.41) is 0. The molecule has 1 amide bonds. The van der Waals surface area contributed by atoms with Crippen LogP contribution in [0.4, 0.5) is 5.69 Å². The van der Waals surface area contributed by atoms with Gasteiger partial charge in [-0.15, -0.1) is 0 Å². The van der Waals surface area contributed by atoms with Crippen molar-refractivity contribution in [3.8, 4) is 5.75 Å². The minimum Gasteiger partial charge on any atom is -0.495 e. The summed E-state index contributed by atoms with van der Waals surface area (Å²) in [6.45, 7) is 8.74. The highest BCUT2D eigenvalue weighted by atomic mass is 32.2. The van der Waals surface area contributed by atoms with Gasteiger partial charge in [0.25, 0.3) is 10.0 Å². The van der Waals surface area contributed by atoms with E-state index in [-0.39, 0.29) is 16.7 Å². The van der Waals surface area contributed by atoms with Crippen molar-refractivity contribution >= 4 is 21.6 Å². The second-order valence-corrected chi connectivity index (χ2v) is 9.49. The second kappa shape index (κ2) is 8.06. The molecule has 0 fully saturated rings. The van der Waals surface area contributed by atoms with Crippen molar-refractivity contribution in [2.45, 2.75) is 45.6 Å². The number of sulfonamides is 1. The third-order valence-electron chi connectivity index (χ3n) is 5.35. The Bertz CT molecular complexity index is 1050. The molecule has 1 aliphatic rings. The quantitative estimate of drug-likeness (QED) is 0.807. The summed E-state index contributed by atoms with van der Waals surface area (Å²) >= 11 is 0. The highest BCUT2D eigenvalue weighted by Crippen LogP contribution is 2.30. The molecule has 0 aliphatic carbocycles. The van der Waals surface area contributed by atoms with Crippen molar-refractivity contribution in [2.24, 2.45) is 5.92 Å². The predicted molar refractivity (Wildman–Crippen MR) is 114 cm³/mol. The van der Waals surface area contributed by atoms with E-state index in [9.17, 15) is 13.2 Å². The Morgan fingerprint density at radius 1 is 1.10 bits per heavy atom. The lowest BCUT2D eigenvalue weighted by molar-refractivity contribution is -0.135. The molecular formula is C22H28N2O4S. The van der Waals surface area contributed by atoms with Gasteiger partial charge < -0.3 is 9.64 Å². The standard InChI is InChI=1S/C22H28N2O4S/c1-14(2)22(25)24-9-8-17-6-7-19(12-18(17)13-24)23-29(26,27)21-11-16(4)15(3)10-20(21)28-5/h6-7,10-12,14,23H,8-9,13H2,1-5H3. The fourth-order valence-corrected chi connectivity index (χ4v) is 4.80. The first kappa shape index (κ1) is 21.2. The molecule has 0 bridgehead atoms. The maximum absolute atomic E-state index is 13.0. The Morgan fingerprint density at radius 3 is 2.45 bits per heavy atom. The highest BCUT2D eigenvalue weighted by Gasteiger charge is 2.24. The molecular weight excluding hydrogens is 388 g/mol. The van der Waals surface area contributed by atoms with E-state index in [1.165, 1.54) is 7.11 Å². The van der Waals surface area contributed by atoms with E-state index in [0.29, 0.717) is 24.5 Å². The molecule has 0 spiro atoms. The van der Waals surface area contributed by atoms with Crippen LogP contribution in [0.25, 0.3) is 0 Å². The lowest BCUT2D eigenvalue weighted by atomic mass is 9.98. The molecule has 3 rings (SSSR count). The van der Waals surface area contributed by atoms with E-state index in [2.05, 4.69) is 4.72 Å². The van der Waals surface area contributed by atoms with Gasteiger partial charge in [-0.25, -0.2) is 8.42 Å². The van der Waals surface area contributed by atoms with E-state index in [4.69, 9.17) is 4.74 Å². The molecule has 0 saturated heterocycles. The van der Waals surface area contributed by atoms with E-state index < -0.39 is 10.0 Å². The summed E-state index contributed by atoms with van der Waals surface area (Å²) in [6, 6.07) is 8.87. The summed E-state index contributed by atoms with van der Waals surface area (Å²) in [7, 11) is -2.36. The molecule has 0 atom stereocenters. The number of anilines is 1. The Labute approximate surface area is 172 Å². The molecule has 1 N–H and O–H groups in total. The number of nitrogens with zero attached hydrogens (tertiary/aromatic N) is 1. The first-order valence-electron chi connectivity index (χ1n) is 9.71. The molecule has 0 aromatic heterocycles. The zero-order valence-corrected chi connectivity index (χ0v) is 18.4. The maximum atomic E-state index is 13.0. The number of carbonyl (C=O) groups is 1. The van der Waals surface area contributed by atoms with Crippen LogP contribution in [0.15, 0.2) is 35.2 Å². The number of nitrogens with one attached hydrogen (secondary N) is 1. The zero-order chi connectivity index (χ0) is 21.3. The van der Waals surface area contributed by atoms with Crippen LogP contribution in [0.1, 0.15) is 36.1 Å². The lowest BCUT2D eigenvalue weighted by Crippen LogP contribution is -2.38. The number of fused-ring (bicyclic) bond motifs is 1. The molecule has 1 heterocycles. The van der Waals surface area contributed by atoms with Crippen LogP contribution in [-0.4, -0.2) is 32.9 Å². The first-order valence-corrected chi connectivity index (χ1v) is 11.2. The van der Waals surface area contributed by atoms with E-state index in [0.717, 1.165) is 28.7 Å². The van der Waals surface area contributed by atoms with Gasteiger partial charge in [0.2, 0.25) is 5.91 Å². The SMILES string of the molecule is COc1cc(C)c(C)cc1S(=O)(=O)Nc1ccc2c(c1)CN(C(=O)C(C)C)CC2. The summed E-state index contributed by atoms with van der Waals surface area (Å²) in [6.07, 6.45) is 0.770. The average Bonchev–Trinajstić information content (AvgIpc) is 2.68. The van der Waals surface area contributed by atoms with Crippen molar-refractivity contribution < 1.29 is 17.9 Å². The molecule has 2 aromatic carbocycles. The van der Waals surface area contributed by atoms with Crippen molar-refractivity contribution in [2.75, 3.05) is 18.4 Å². The molecule has 6 nitrogen and oxygen atoms in total. The molecule has 0 saturated carbocycles. The van der Waals surface area contributed by atoms with Crippen LogP contribution < -0.4 is 9.46 Å². The van der Waals surface area contributed by atoms with Crippen LogP contribution in [0, 0.1) is 19.8 Å². The minimum absolute atomic E-state index is 0.0597. The van der Waals surface area contributed by atoms with Crippen LogP contribution in [-0.2, 0) is 27.8 Å². The largest absolute Gasteiger partial charge is 0.495 e. The number of methoxy groups -OCH3 is 1. The second-order valence-electron chi connectivity index (χ2n) is 7.84. The number of amides is 1. The third-order valence-corrected chi connectivity index (χ3v) is 6.75. The number of carbonyl (C=O) groups excluding carboxylic acids is 1.